The second-order valence-corrected chi connectivity index (χ2v) is 2.91. The van der Waals surface area contributed by atoms with Crippen LogP contribution in [0.25, 0.3) is 0 Å². The smallest absolute Gasteiger partial charge is 0.0302 e. The first-order valence-electron chi connectivity index (χ1n) is 3.02. The minimum atomic E-state index is 0.363. The molecule has 0 fully saturated rings. The molecule has 0 N–H and O–H groups in total. The lowest BCUT2D eigenvalue weighted by molar-refractivity contribution is 0.376. The van der Waals surface area contributed by atoms with E-state index in [1.54, 1.807) is 0 Å². The standard InChI is InChI=1S/C8H15/c1-5-7-8(3,4)6-2/h5H,1-2,6-7H2,3-4H3. The van der Waals surface area contributed by atoms with Gasteiger partial charge in [-0.3, -0.25) is 0 Å². The van der Waals surface area contributed by atoms with E-state index in [-0.39, 0.29) is 0 Å². The number of hydrogen-bond donors (Lipinski definition) is 0. The van der Waals surface area contributed by atoms with Crippen molar-refractivity contribution in [3.8, 4) is 0 Å². The Balaban J connectivity index is 3.53. The Kier molecular flexibility index (Phi) is 2.81. The van der Waals surface area contributed by atoms with Crippen molar-refractivity contribution < 1.29 is 0 Å². The van der Waals surface area contributed by atoms with Crippen molar-refractivity contribution in [3.05, 3.63) is 19.6 Å². The summed E-state index contributed by atoms with van der Waals surface area (Å²) in [7, 11) is 0. The van der Waals surface area contributed by atoms with Gasteiger partial charge in [0.05, 0.1) is 0 Å². The van der Waals surface area contributed by atoms with E-state index < -0.39 is 0 Å². The molecule has 0 unspecified atom stereocenters. The van der Waals surface area contributed by atoms with E-state index >= 15 is 0 Å². The van der Waals surface area contributed by atoms with Crippen molar-refractivity contribution in [2.75, 3.05) is 0 Å². The molecule has 0 spiro atoms. The molecule has 8 heavy (non-hydrogen) atoms. The Morgan fingerprint density at radius 1 is 1.50 bits per heavy atom. The summed E-state index contributed by atoms with van der Waals surface area (Å²) in [5.41, 5.74) is 0.363. The van der Waals surface area contributed by atoms with Crippen LogP contribution in [0, 0.1) is 12.3 Å². The first kappa shape index (κ1) is 7.74. The van der Waals surface area contributed by atoms with Gasteiger partial charge in [0.1, 0.15) is 0 Å². The Morgan fingerprint density at radius 2 is 2.00 bits per heavy atom. The molecule has 0 heterocycles. The summed E-state index contributed by atoms with van der Waals surface area (Å²) in [4.78, 5) is 0. The fourth-order valence-electron chi connectivity index (χ4n) is 0.493. The zero-order valence-corrected chi connectivity index (χ0v) is 5.91. The van der Waals surface area contributed by atoms with Gasteiger partial charge >= 0.3 is 0 Å². The van der Waals surface area contributed by atoms with Gasteiger partial charge in [0.15, 0.2) is 0 Å². The Morgan fingerprint density at radius 3 is 2.12 bits per heavy atom. The molecule has 0 aliphatic heterocycles. The van der Waals surface area contributed by atoms with Crippen molar-refractivity contribution in [2.24, 2.45) is 5.41 Å². The highest BCUT2D eigenvalue weighted by Gasteiger charge is 2.11. The number of hydrogen-bond acceptors (Lipinski definition) is 0. The van der Waals surface area contributed by atoms with E-state index in [1.165, 1.54) is 0 Å². The first-order valence-corrected chi connectivity index (χ1v) is 3.02. The quantitative estimate of drug-likeness (QED) is 0.491. The molecule has 0 amide bonds. The Hall–Kier alpha value is -0.260. The molecule has 0 aromatic carbocycles. The summed E-state index contributed by atoms with van der Waals surface area (Å²) < 4.78 is 0. The van der Waals surface area contributed by atoms with Gasteiger partial charge < -0.3 is 0 Å². The van der Waals surface area contributed by atoms with Crippen LogP contribution in [-0.2, 0) is 0 Å². The van der Waals surface area contributed by atoms with Gasteiger partial charge in [-0.15, -0.1) is 6.58 Å². The number of allylic oxidation sites excluding steroid dienone is 1. The van der Waals surface area contributed by atoms with Crippen molar-refractivity contribution in [1.29, 1.82) is 0 Å². The van der Waals surface area contributed by atoms with E-state index in [1.807, 2.05) is 6.08 Å². The molecule has 0 bridgehead atoms. The van der Waals surface area contributed by atoms with Crippen molar-refractivity contribution in [1.82, 2.24) is 0 Å². The maximum atomic E-state index is 3.83. The summed E-state index contributed by atoms with van der Waals surface area (Å²) in [6.45, 7) is 11.9. The van der Waals surface area contributed by atoms with Gasteiger partial charge in [0.25, 0.3) is 0 Å². The molecule has 0 atom stereocenters. The molecule has 47 valence electrons. The summed E-state index contributed by atoms with van der Waals surface area (Å²) >= 11 is 0. The molecule has 0 heteroatoms. The van der Waals surface area contributed by atoms with Crippen molar-refractivity contribution >= 4 is 0 Å². The van der Waals surface area contributed by atoms with Crippen LogP contribution >= 0.6 is 0 Å². The monoisotopic (exact) mass is 111 g/mol. The molecule has 0 saturated heterocycles. The summed E-state index contributed by atoms with van der Waals surface area (Å²) in [5.74, 6) is 0. The van der Waals surface area contributed by atoms with Crippen LogP contribution in [-0.4, -0.2) is 0 Å². The van der Waals surface area contributed by atoms with Crippen LogP contribution in [0.3, 0.4) is 0 Å². The van der Waals surface area contributed by atoms with Gasteiger partial charge in [-0.05, 0) is 18.3 Å². The minimum absolute atomic E-state index is 0.363. The molecule has 0 aliphatic carbocycles. The summed E-state index contributed by atoms with van der Waals surface area (Å²) in [6.07, 6.45) is 4.00. The topological polar surface area (TPSA) is 0 Å². The average Bonchev–Trinajstić information content (AvgIpc) is 1.67. The lowest BCUT2D eigenvalue weighted by Gasteiger charge is -2.19. The van der Waals surface area contributed by atoms with Crippen LogP contribution in [0.1, 0.15) is 26.7 Å². The normalized spacial score (nSPS) is 11.4. The van der Waals surface area contributed by atoms with Crippen LogP contribution < -0.4 is 0 Å². The Labute approximate surface area is 52.6 Å². The maximum Gasteiger partial charge on any atom is -0.0302 e. The largest absolute Gasteiger partial charge is 0.103 e. The zero-order chi connectivity index (χ0) is 6.62. The third-order valence-corrected chi connectivity index (χ3v) is 1.37. The predicted molar refractivity (Wildman–Crippen MR) is 38.6 cm³/mol. The average molecular weight is 111 g/mol. The summed E-state index contributed by atoms with van der Waals surface area (Å²) in [6, 6.07) is 0. The number of rotatable bonds is 3. The SMILES string of the molecule is [CH2]CC(C)(C)CC=C. The van der Waals surface area contributed by atoms with E-state index in [0.29, 0.717) is 5.41 Å². The van der Waals surface area contributed by atoms with E-state index in [4.69, 9.17) is 0 Å². The first-order chi connectivity index (χ1) is 3.62. The fourth-order valence-corrected chi connectivity index (χ4v) is 0.493. The molecule has 0 aromatic rings. The second kappa shape index (κ2) is 2.91. The second-order valence-electron chi connectivity index (χ2n) is 2.91. The Bertz CT molecular complexity index is 70.1. The van der Waals surface area contributed by atoms with Gasteiger partial charge in [-0.25, -0.2) is 0 Å². The molecule has 0 saturated carbocycles. The molecule has 0 nitrogen and oxygen atoms in total. The maximum absolute atomic E-state index is 3.83. The van der Waals surface area contributed by atoms with Crippen molar-refractivity contribution in [3.63, 3.8) is 0 Å². The molecule has 1 radical (unpaired) electrons. The third kappa shape index (κ3) is 2.84. The fraction of sp³-hybridized carbons (Fsp3) is 0.625. The van der Waals surface area contributed by atoms with Gasteiger partial charge in [0.2, 0.25) is 0 Å². The highest BCUT2D eigenvalue weighted by atomic mass is 14.2. The molecule has 0 aliphatic rings. The third-order valence-electron chi connectivity index (χ3n) is 1.37. The van der Waals surface area contributed by atoms with E-state index in [2.05, 4.69) is 27.4 Å². The van der Waals surface area contributed by atoms with Gasteiger partial charge in [0, 0.05) is 0 Å². The predicted octanol–water partition coefficient (Wildman–Crippen LogP) is 2.81. The van der Waals surface area contributed by atoms with Gasteiger partial charge in [-0.1, -0.05) is 26.8 Å². The van der Waals surface area contributed by atoms with Crippen LogP contribution in [0.2, 0.25) is 0 Å². The lowest BCUT2D eigenvalue weighted by atomic mass is 9.87. The van der Waals surface area contributed by atoms with Crippen LogP contribution in [0.4, 0.5) is 0 Å². The van der Waals surface area contributed by atoms with Crippen LogP contribution in [0.15, 0.2) is 12.7 Å². The molecular formula is C8H15. The highest BCUT2D eigenvalue weighted by Crippen LogP contribution is 2.23. The van der Waals surface area contributed by atoms with E-state index in [9.17, 15) is 0 Å². The minimum Gasteiger partial charge on any atom is -0.103 e. The molecule has 0 rings (SSSR count). The molecule has 0 aromatic heterocycles. The van der Waals surface area contributed by atoms with Crippen molar-refractivity contribution in [2.45, 2.75) is 26.7 Å². The van der Waals surface area contributed by atoms with Crippen LogP contribution in [0.5, 0.6) is 0 Å². The highest BCUT2D eigenvalue weighted by molar-refractivity contribution is 4.79. The van der Waals surface area contributed by atoms with E-state index in [0.717, 1.165) is 12.8 Å². The molecular weight excluding hydrogens is 96.1 g/mol. The lowest BCUT2D eigenvalue weighted by Crippen LogP contribution is -2.06. The summed E-state index contributed by atoms with van der Waals surface area (Å²) in [5, 5.41) is 0. The van der Waals surface area contributed by atoms with Gasteiger partial charge in [-0.2, -0.15) is 0 Å². The zero-order valence-electron chi connectivity index (χ0n) is 5.91.